The van der Waals surface area contributed by atoms with Crippen LogP contribution in [0.1, 0.15) is 20.8 Å². The van der Waals surface area contributed by atoms with Gasteiger partial charge in [0.15, 0.2) is 0 Å². The Morgan fingerprint density at radius 1 is 1.20 bits per heavy atom. The number of carbonyl (C=O) groups excluding carboxylic acids is 2. The summed E-state index contributed by atoms with van der Waals surface area (Å²) in [6, 6.07) is 0. The minimum Gasteiger partial charge on any atom is -0.487 e. The van der Waals surface area contributed by atoms with Gasteiger partial charge in [0, 0.05) is 0 Å². The molecule has 1 saturated heterocycles. The largest absolute Gasteiger partial charge is 0.508 e. The van der Waals surface area contributed by atoms with Crippen molar-refractivity contribution < 1.29 is 33.3 Å². The number of ether oxygens (including phenoxy) is 5. The summed E-state index contributed by atoms with van der Waals surface area (Å²) in [6.07, 6.45) is -2.15. The molecule has 0 aliphatic carbocycles. The molecular weight excluding hydrogens is 268 g/mol. The molecule has 116 valence electrons. The van der Waals surface area contributed by atoms with Crippen molar-refractivity contribution in [3.05, 3.63) is 12.3 Å². The maximum Gasteiger partial charge on any atom is 0.508 e. The predicted octanol–water partition coefficient (Wildman–Crippen LogP) is 2.50. The quantitative estimate of drug-likeness (QED) is 0.568. The molecule has 1 heterocycles. The fraction of sp³-hybridized carbons (Fsp3) is 0.692. The lowest BCUT2D eigenvalue weighted by atomic mass is 10.2. The zero-order chi connectivity index (χ0) is 15.5. The smallest absolute Gasteiger partial charge is 0.487 e. The van der Waals surface area contributed by atoms with E-state index in [4.69, 9.17) is 9.47 Å². The molecule has 0 N–H and O–H groups in total. The van der Waals surface area contributed by atoms with Crippen molar-refractivity contribution in [3.63, 3.8) is 0 Å². The van der Waals surface area contributed by atoms with Gasteiger partial charge in [-0.3, -0.25) is 0 Å². The van der Waals surface area contributed by atoms with E-state index >= 15 is 0 Å². The Labute approximate surface area is 118 Å². The number of hydrogen-bond acceptors (Lipinski definition) is 7. The van der Waals surface area contributed by atoms with Crippen LogP contribution in [0.5, 0.6) is 0 Å². The molecule has 1 atom stereocenters. The maximum absolute atomic E-state index is 11.1. The Morgan fingerprint density at radius 2 is 1.70 bits per heavy atom. The normalized spacial score (nSPS) is 13.3. The van der Waals surface area contributed by atoms with Gasteiger partial charge in [0.05, 0.1) is 13.7 Å². The van der Waals surface area contributed by atoms with Crippen LogP contribution in [0.25, 0.3) is 0 Å². The minimum absolute atomic E-state index is 0.0660. The van der Waals surface area contributed by atoms with Crippen molar-refractivity contribution in [3.8, 4) is 0 Å². The van der Waals surface area contributed by atoms with Crippen LogP contribution in [0, 0.1) is 5.92 Å². The molecule has 1 unspecified atom stereocenters. The summed E-state index contributed by atoms with van der Waals surface area (Å²) in [5.74, 6) is 1.16. The second kappa shape index (κ2) is 9.94. The Bertz CT molecular complexity index is 319. The first-order valence-corrected chi connectivity index (χ1v) is 6.19. The highest BCUT2D eigenvalue weighted by Gasteiger charge is 2.13. The van der Waals surface area contributed by atoms with Crippen LogP contribution < -0.4 is 0 Å². The van der Waals surface area contributed by atoms with Crippen LogP contribution in [-0.4, -0.2) is 45.3 Å². The van der Waals surface area contributed by atoms with Crippen molar-refractivity contribution in [2.24, 2.45) is 5.92 Å². The summed E-state index contributed by atoms with van der Waals surface area (Å²) in [7, 11) is 1.20. The average Bonchev–Trinajstić information content (AvgIpc) is 3.16. The molecular formula is C13H22O7. The fourth-order valence-electron chi connectivity index (χ4n) is 0.762. The molecule has 20 heavy (non-hydrogen) atoms. The Morgan fingerprint density at radius 3 is 2.10 bits per heavy atom. The molecule has 0 aromatic carbocycles. The summed E-state index contributed by atoms with van der Waals surface area (Å²) in [4.78, 5) is 21.7. The van der Waals surface area contributed by atoms with Crippen molar-refractivity contribution in [2.75, 3.05) is 26.9 Å². The van der Waals surface area contributed by atoms with E-state index in [-0.39, 0.29) is 12.5 Å². The summed E-state index contributed by atoms with van der Waals surface area (Å²) >= 11 is 0. The van der Waals surface area contributed by atoms with Gasteiger partial charge in [0.2, 0.25) is 0 Å². The van der Waals surface area contributed by atoms with Crippen LogP contribution in [0.2, 0.25) is 0 Å². The van der Waals surface area contributed by atoms with Crippen molar-refractivity contribution in [1.82, 2.24) is 0 Å². The summed E-state index contributed by atoms with van der Waals surface area (Å²) in [6.45, 7) is 9.88. The minimum atomic E-state index is -0.814. The third kappa shape index (κ3) is 12.5. The lowest BCUT2D eigenvalue weighted by Crippen LogP contribution is -2.23. The van der Waals surface area contributed by atoms with Gasteiger partial charge in [-0.1, -0.05) is 20.4 Å². The fourth-order valence-corrected chi connectivity index (χ4v) is 0.762. The number of hydrogen-bond donors (Lipinski definition) is 0. The van der Waals surface area contributed by atoms with E-state index in [1.54, 1.807) is 6.92 Å². The second-order valence-electron chi connectivity index (χ2n) is 4.48. The van der Waals surface area contributed by atoms with E-state index in [2.05, 4.69) is 20.8 Å². The third-order valence-electron chi connectivity index (χ3n) is 1.78. The van der Waals surface area contributed by atoms with E-state index in [1.165, 1.54) is 7.11 Å². The lowest BCUT2D eigenvalue weighted by molar-refractivity contribution is -0.00972. The van der Waals surface area contributed by atoms with Crippen LogP contribution in [0.3, 0.4) is 0 Å². The first kappa shape index (κ1) is 18.1. The van der Waals surface area contributed by atoms with Gasteiger partial charge < -0.3 is 23.7 Å². The predicted molar refractivity (Wildman–Crippen MR) is 70.2 cm³/mol. The van der Waals surface area contributed by atoms with E-state index < -0.39 is 18.4 Å². The summed E-state index contributed by atoms with van der Waals surface area (Å²) < 4.78 is 22.9. The molecule has 0 saturated carbocycles. The van der Waals surface area contributed by atoms with Gasteiger partial charge >= 0.3 is 12.3 Å². The maximum atomic E-state index is 11.1. The molecule has 7 nitrogen and oxygen atoms in total. The molecule has 0 aromatic rings. The molecule has 0 amide bonds. The van der Waals surface area contributed by atoms with E-state index in [9.17, 15) is 9.59 Å². The van der Waals surface area contributed by atoms with E-state index in [0.717, 1.165) is 12.4 Å². The SMILES string of the molecule is C=C1CO1.COC(=O)OCC(C)OC(=O)OCC(C)C. The lowest BCUT2D eigenvalue weighted by Gasteiger charge is -2.13. The van der Waals surface area contributed by atoms with Crippen LogP contribution in [0.4, 0.5) is 9.59 Å². The molecule has 1 fully saturated rings. The molecule has 0 radical (unpaired) electrons. The van der Waals surface area contributed by atoms with Gasteiger partial charge in [0.25, 0.3) is 0 Å². The summed E-state index contributed by atoms with van der Waals surface area (Å²) in [5, 5.41) is 0. The molecule has 1 rings (SSSR count). The monoisotopic (exact) mass is 290 g/mol. The first-order chi connectivity index (χ1) is 9.35. The first-order valence-electron chi connectivity index (χ1n) is 6.19. The van der Waals surface area contributed by atoms with Crippen molar-refractivity contribution in [2.45, 2.75) is 26.9 Å². The third-order valence-corrected chi connectivity index (χ3v) is 1.78. The van der Waals surface area contributed by atoms with Crippen molar-refractivity contribution >= 4 is 12.3 Å². The van der Waals surface area contributed by atoms with Gasteiger partial charge in [0.1, 0.15) is 25.1 Å². The zero-order valence-electron chi connectivity index (χ0n) is 12.3. The Hall–Kier alpha value is -1.92. The highest BCUT2D eigenvalue weighted by atomic mass is 16.7. The standard InChI is InChI=1S/C10H18O6.C3H4O/c1-7(2)5-14-10(12)16-8(3)6-15-9(11)13-4;1-3-2-4-3/h7-8H,5-6H2,1-4H3;1-2H2. The highest BCUT2D eigenvalue weighted by Crippen LogP contribution is 2.07. The van der Waals surface area contributed by atoms with Gasteiger partial charge in [-0.05, 0) is 12.8 Å². The second-order valence-corrected chi connectivity index (χ2v) is 4.48. The van der Waals surface area contributed by atoms with Gasteiger partial charge in [-0.25, -0.2) is 9.59 Å². The van der Waals surface area contributed by atoms with E-state index in [0.29, 0.717) is 6.61 Å². The summed E-state index contributed by atoms with van der Waals surface area (Å²) in [5.41, 5.74) is 0. The molecule has 1 aliphatic heterocycles. The highest BCUT2D eigenvalue weighted by molar-refractivity contribution is 5.60. The number of rotatable bonds is 5. The number of epoxide rings is 1. The van der Waals surface area contributed by atoms with E-state index in [1.807, 2.05) is 13.8 Å². The Kier molecular flexibility index (Phi) is 8.98. The molecule has 0 bridgehead atoms. The van der Waals surface area contributed by atoms with Crippen molar-refractivity contribution in [1.29, 1.82) is 0 Å². The Balaban J connectivity index is 0.000000760. The molecule has 0 spiro atoms. The average molecular weight is 290 g/mol. The molecule has 0 aromatic heterocycles. The number of carbonyl (C=O) groups is 2. The topological polar surface area (TPSA) is 83.6 Å². The van der Waals surface area contributed by atoms with Crippen LogP contribution in [0.15, 0.2) is 12.3 Å². The zero-order valence-corrected chi connectivity index (χ0v) is 12.3. The molecule has 7 heteroatoms. The van der Waals surface area contributed by atoms with Gasteiger partial charge in [-0.2, -0.15) is 0 Å². The molecule has 1 aliphatic rings. The van der Waals surface area contributed by atoms with Gasteiger partial charge in [-0.15, -0.1) is 0 Å². The van der Waals surface area contributed by atoms with Crippen LogP contribution >= 0.6 is 0 Å². The number of methoxy groups -OCH3 is 1. The van der Waals surface area contributed by atoms with Crippen LogP contribution in [-0.2, 0) is 23.7 Å².